The van der Waals surface area contributed by atoms with Gasteiger partial charge in [-0.3, -0.25) is 9.69 Å². The first kappa shape index (κ1) is 21.1. The van der Waals surface area contributed by atoms with E-state index >= 15 is 0 Å². The number of amides is 1. The number of benzene rings is 3. The largest absolute Gasteiger partial charge is 0.399 e. The summed E-state index contributed by atoms with van der Waals surface area (Å²) in [5, 5.41) is 2.95. The summed E-state index contributed by atoms with van der Waals surface area (Å²) >= 11 is 0. The molecule has 0 unspecified atom stereocenters. The molecule has 3 N–H and O–H groups in total. The van der Waals surface area contributed by atoms with Gasteiger partial charge in [-0.15, -0.1) is 0 Å². The number of carbonyl (C=O) groups excluding carboxylic acids is 1. The van der Waals surface area contributed by atoms with Gasteiger partial charge >= 0.3 is 0 Å². The average molecular weight is 415 g/mol. The van der Waals surface area contributed by atoms with Gasteiger partial charge in [0.15, 0.2) is 0 Å². The Balaban J connectivity index is 1.31. The number of nitrogens with two attached hydrogens (primary N) is 1. The molecule has 5 nitrogen and oxygen atoms in total. The van der Waals surface area contributed by atoms with Crippen molar-refractivity contribution in [1.82, 2.24) is 9.80 Å². The fourth-order valence-electron chi connectivity index (χ4n) is 4.18. The number of piperazine rings is 1. The van der Waals surface area contributed by atoms with Gasteiger partial charge in [0.1, 0.15) is 0 Å². The van der Waals surface area contributed by atoms with Gasteiger partial charge in [0, 0.05) is 50.5 Å². The molecule has 0 aromatic heterocycles. The lowest BCUT2D eigenvalue weighted by atomic mass is 9.96. The van der Waals surface area contributed by atoms with Crippen LogP contribution in [0.1, 0.15) is 23.6 Å². The molecule has 0 radical (unpaired) electrons. The zero-order valence-electron chi connectivity index (χ0n) is 17.8. The van der Waals surface area contributed by atoms with Crippen molar-refractivity contribution >= 4 is 17.3 Å². The molecule has 0 saturated carbocycles. The zero-order chi connectivity index (χ0) is 21.5. The molecule has 0 spiro atoms. The minimum Gasteiger partial charge on any atom is -0.399 e. The second-order valence-electron chi connectivity index (χ2n) is 8.02. The Bertz CT molecular complexity index is 912. The van der Waals surface area contributed by atoms with Crippen LogP contribution in [0.25, 0.3) is 0 Å². The Morgan fingerprint density at radius 1 is 0.806 bits per heavy atom. The molecule has 1 heterocycles. The average Bonchev–Trinajstić information content (AvgIpc) is 2.82. The molecule has 0 aliphatic carbocycles. The van der Waals surface area contributed by atoms with Gasteiger partial charge in [0.2, 0.25) is 5.91 Å². The summed E-state index contributed by atoms with van der Waals surface area (Å²) in [7, 11) is 0. The van der Waals surface area contributed by atoms with E-state index in [0.29, 0.717) is 12.1 Å². The molecule has 3 aromatic carbocycles. The minimum absolute atomic E-state index is 0.0404. The van der Waals surface area contributed by atoms with Gasteiger partial charge in [0.25, 0.3) is 0 Å². The van der Waals surface area contributed by atoms with Crippen molar-refractivity contribution in [3.8, 4) is 0 Å². The summed E-state index contributed by atoms with van der Waals surface area (Å²) in [5.41, 5.74) is 9.83. The molecule has 0 atom stereocenters. The van der Waals surface area contributed by atoms with E-state index in [9.17, 15) is 4.79 Å². The SMILES string of the molecule is Nc1ccc(NC(=O)CCN2CCN(C(c3ccccc3)c3ccccc3)CC2)cc1. The van der Waals surface area contributed by atoms with Gasteiger partial charge in [-0.2, -0.15) is 0 Å². The van der Waals surface area contributed by atoms with Crippen LogP contribution < -0.4 is 11.1 Å². The second kappa shape index (κ2) is 10.2. The van der Waals surface area contributed by atoms with Crippen LogP contribution in [-0.2, 0) is 4.79 Å². The van der Waals surface area contributed by atoms with E-state index < -0.39 is 0 Å². The van der Waals surface area contributed by atoms with E-state index in [-0.39, 0.29) is 11.9 Å². The molecule has 1 aliphatic heterocycles. The first-order chi connectivity index (χ1) is 15.2. The molecule has 5 heteroatoms. The first-order valence-corrected chi connectivity index (χ1v) is 10.9. The zero-order valence-corrected chi connectivity index (χ0v) is 17.8. The van der Waals surface area contributed by atoms with Gasteiger partial charge in [-0.05, 0) is 35.4 Å². The second-order valence-corrected chi connectivity index (χ2v) is 8.02. The maximum atomic E-state index is 12.3. The molecule has 160 valence electrons. The number of hydrogen-bond donors (Lipinski definition) is 2. The van der Waals surface area contributed by atoms with Crippen molar-refractivity contribution in [2.24, 2.45) is 0 Å². The van der Waals surface area contributed by atoms with Crippen molar-refractivity contribution in [1.29, 1.82) is 0 Å². The molecule has 0 bridgehead atoms. The molecule has 1 amide bonds. The Morgan fingerprint density at radius 3 is 1.90 bits per heavy atom. The fourth-order valence-corrected chi connectivity index (χ4v) is 4.18. The van der Waals surface area contributed by atoms with Gasteiger partial charge in [-0.1, -0.05) is 60.7 Å². The lowest BCUT2D eigenvalue weighted by molar-refractivity contribution is -0.116. The quantitative estimate of drug-likeness (QED) is 0.574. The van der Waals surface area contributed by atoms with E-state index in [4.69, 9.17) is 5.73 Å². The lowest BCUT2D eigenvalue weighted by Crippen LogP contribution is -2.48. The standard InChI is InChI=1S/C26H30N4O/c27-23-11-13-24(14-12-23)28-25(31)15-16-29-17-19-30(20-18-29)26(21-7-3-1-4-8-21)22-9-5-2-6-10-22/h1-14,26H,15-20,27H2,(H,28,31). The Morgan fingerprint density at radius 2 is 1.35 bits per heavy atom. The summed E-state index contributed by atoms with van der Waals surface area (Å²) in [6.07, 6.45) is 0.491. The summed E-state index contributed by atoms with van der Waals surface area (Å²) in [5.74, 6) is 0.0404. The smallest absolute Gasteiger partial charge is 0.225 e. The van der Waals surface area contributed by atoms with Gasteiger partial charge in [0.05, 0.1) is 6.04 Å². The number of rotatable bonds is 7. The van der Waals surface area contributed by atoms with Crippen LogP contribution >= 0.6 is 0 Å². The third-order valence-corrected chi connectivity index (χ3v) is 5.85. The fraction of sp³-hybridized carbons (Fsp3) is 0.269. The Labute approximate surface area is 184 Å². The number of nitrogens with zero attached hydrogens (tertiary/aromatic N) is 2. The van der Waals surface area contributed by atoms with Crippen LogP contribution in [0.2, 0.25) is 0 Å². The molecule has 1 saturated heterocycles. The van der Waals surface area contributed by atoms with Crippen molar-refractivity contribution in [3.05, 3.63) is 96.1 Å². The third kappa shape index (κ3) is 5.72. The third-order valence-electron chi connectivity index (χ3n) is 5.85. The Hall–Kier alpha value is -3.15. The molecular weight excluding hydrogens is 384 g/mol. The summed E-state index contributed by atoms with van der Waals surface area (Å²) in [4.78, 5) is 17.2. The number of nitrogens with one attached hydrogen (secondary N) is 1. The van der Waals surface area contributed by atoms with E-state index in [2.05, 4.69) is 75.8 Å². The van der Waals surface area contributed by atoms with Crippen molar-refractivity contribution < 1.29 is 4.79 Å². The molecule has 31 heavy (non-hydrogen) atoms. The lowest BCUT2D eigenvalue weighted by Gasteiger charge is -2.39. The highest BCUT2D eigenvalue weighted by molar-refractivity contribution is 5.90. The summed E-state index contributed by atoms with van der Waals surface area (Å²) in [6.45, 7) is 4.66. The minimum atomic E-state index is 0.0404. The van der Waals surface area contributed by atoms with E-state index in [0.717, 1.165) is 38.4 Å². The van der Waals surface area contributed by atoms with Gasteiger partial charge < -0.3 is 16.0 Å². The topological polar surface area (TPSA) is 61.6 Å². The van der Waals surface area contributed by atoms with Crippen LogP contribution in [-0.4, -0.2) is 48.4 Å². The monoisotopic (exact) mass is 414 g/mol. The van der Waals surface area contributed by atoms with Crippen LogP contribution in [0.15, 0.2) is 84.9 Å². The number of anilines is 2. The first-order valence-electron chi connectivity index (χ1n) is 10.9. The molecule has 1 fully saturated rings. The molecular formula is C26H30N4O. The number of carbonyl (C=O) groups is 1. The Kier molecular flexibility index (Phi) is 6.97. The van der Waals surface area contributed by atoms with Gasteiger partial charge in [-0.25, -0.2) is 0 Å². The highest BCUT2D eigenvalue weighted by Gasteiger charge is 2.26. The van der Waals surface area contributed by atoms with Crippen LogP contribution in [0.5, 0.6) is 0 Å². The van der Waals surface area contributed by atoms with Crippen LogP contribution in [0, 0.1) is 0 Å². The molecule has 1 aliphatic rings. The van der Waals surface area contributed by atoms with E-state index in [1.165, 1.54) is 11.1 Å². The van der Waals surface area contributed by atoms with Crippen molar-refractivity contribution in [3.63, 3.8) is 0 Å². The van der Waals surface area contributed by atoms with Crippen LogP contribution in [0.4, 0.5) is 11.4 Å². The predicted molar refractivity (Wildman–Crippen MR) is 127 cm³/mol. The molecule has 3 aromatic rings. The molecule has 4 rings (SSSR count). The highest BCUT2D eigenvalue weighted by atomic mass is 16.1. The maximum Gasteiger partial charge on any atom is 0.225 e. The number of hydrogen-bond acceptors (Lipinski definition) is 4. The summed E-state index contributed by atoms with van der Waals surface area (Å²) in [6, 6.07) is 29.0. The highest BCUT2D eigenvalue weighted by Crippen LogP contribution is 2.29. The predicted octanol–water partition coefficient (Wildman–Crippen LogP) is 4.00. The van der Waals surface area contributed by atoms with Crippen molar-refractivity contribution in [2.45, 2.75) is 12.5 Å². The number of nitrogen functional groups attached to an aromatic ring is 1. The summed E-state index contributed by atoms with van der Waals surface area (Å²) < 4.78 is 0. The van der Waals surface area contributed by atoms with Crippen LogP contribution in [0.3, 0.4) is 0 Å². The van der Waals surface area contributed by atoms with E-state index in [1.807, 2.05) is 12.1 Å². The maximum absolute atomic E-state index is 12.3. The van der Waals surface area contributed by atoms with E-state index in [1.54, 1.807) is 12.1 Å². The normalized spacial score (nSPS) is 15.1. The van der Waals surface area contributed by atoms with Crippen molar-refractivity contribution in [2.75, 3.05) is 43.8 Å².